The number of unbranched alkanes of at least 4 members (excludes halogenated alkanes) is 31. The molecule has 3 aliphatic rings. The minimum atomic E-state index is -1.98. The molecular formula is C78H137NO18. The van der Waals surface area contributed by atoms with Crippen LogP contribution >= 0.6 is 0 Å². The average Bonchev–Trinajstić information content (AvgIpc) is 0.790. The molecule has 0 radical (unpaired) electrons. The molecule has 97 heavy (non-hydrogen) atoms. The van der Waals surface area contributed by atoms with Gasteiger partial charge in [0.25, 0.3) is 0 Å². The fourth-order valence-corrected chi connectivity index (χ4v) is 12.5. The summed E-state index contributed by atoms with van der Waals surface area (Å²) in [4.78, 5) is 13.4. The molecule has 17 atom stereocenters. The molecule has 0 saturated carbocycles. The van der Waals surface area contributed by atoms with E-state index in [1.165, 1.54) is 161 Å². The van der Waals surface area contributed by atoms with Crippen LogP contribution in [0.2, 0.25) is 0 Å². The Bertz CT molecular complexity index is 2080. The smallest absolute Gasteiger partial charge is 0.220 e. The number of ether oxygens (including phenoxy) is 6. The highest BCUT2D eigenvalue weighted by Crippen LogP contribution is 2.33. The first-order valence-corrected chi connectivity index (χ1v) is 38.3. The molecule has 3 heterocycles. The number of nitrogens with one attached hydrogen (secondary N) is 1. The molecule has 0 bridgehead atoms. The molecule has 3 fully saturated rings. The van der Waals surface area contributed by atoms with E-state index in [4.69, 9.17) is 28.4 Å². The van der Waals surface area contributed by atoms with E-state index in [1.54, 1.807) is 6.08 Å². The Morgan fingerprint density at radius 3 is 1.11 bits per heavy atom. The lowest BCUT2D eigenvalue weighted by Crippen LogP contribution is -2.66. The van der Waals surface area contributed by atoms with E-state index in [2.05, 4.69) is 92.1 Å². The second-order valence-corrected chi connectivity index (χ2v) is 27.1. The second kappa shape index (κ2) is 58.5. The Morgan fingerprint density at radius 2 is 0.711 bits per heavy atom. The van der Waals surface area contributed by atoms with Gasteiger partial charge in [-0.2, -0.15) is 0 Å². The maximum Gasteiger partial charge on any atom is 0.220 e. The minimum absolute atomic E-state index is 0.244. The molecule has 0 spiro atoms. The number of carbonyl (C=O) groups is 1. The predicted octanol–water partition coefficient (Wildman–Crippen LogP) is 11.8. The van der Waals surface area contributed by atoms with Crippen LogP contribution in [0.5, 0.6) is 0 Å². The number of hydrogen-bond acceptors (Lipinski definition) is 18. The van der Waals surface area contributed by atoms with E-state index in [1.807, 2.05) is 6.08 Å². The van der Waals surface area contributed by atoms with Crippen LogP contribution in [-0.2, 0) is 33.2 Å². The Labute approximate surface area is 584 Å². The van der Waals surface area contributed by atoms with Gasteiger partial charge < -0.3 is 89.9 Å². The lowest BCUT2D eigenvalue weighted by molar-refractivity contribution is -0.379. The van der Waals surface area contributed by atoms with E-state index in [0.717, 1.165) is 83.5 Å². The Balaban J connectivity index is 1.26. The third-order valence-corrected chi connectivity index (χ3v) is 18.7. The van der Waals surface area contributed by atoms with E-state index < -0.39 is 124 Å². The SMILES string of the molecule is CC/C=C\C/C=C\C/C=C\C/C=C\C/C=C\C/C=C\CCCCCCCCCCCCCCCCCCCCCCCCC(=O)NC(COC1OC(CO)C(OC2OC(CO)C(OC3OC(CO)C(O)C(O)C3O)C(O)C2O)C(O)C1O)C(O)/C=C/CCCCCCCCCCC. The van der Waals surface area contributed by atoms with Crippen molar-refractivity contribution in [1.82, 2.24) is 5.32 Å². The van der Waals surface area contributed by atoms with E-state index in [9.17, 15) is 61.0 Å². The van der Waals surface area contributed by atoms with Gasteiger partial charge in [0.2, 0.25) is 5.91 Å². The van der Waals surface area contributed by atoms with Gasteiger partial charge in [0, 0.05) is 6.42 Å². The molecule has 0 aliphatic carbocycles. The first kappa shape index (κ1) is 88.2. The van der Waals surface area contributed by atoms with Crippen LogP contribution in [0.1, 0.15) is 271 Å². The highest BCUT2D eigenvalue weighted by atomic mass is 16.8. The van der Waals surface area contributed by atoms with Crippen LogP contribution in [0.15, 0.2) is 85.1 Å². The van der Waals surface area contributed by atoms with Crippen LogP contribution in [0.3, 0.4) is 0 Å². The predicted molar refractivity (Wildman–Crippen MR) is 383 cm³/mol. The monoisotopic (exact) mass is 1380 g/mol. The highest BCUT2D eigenvalue weighted by molar-refractivity contribution is 5.76. The van der Waals surface area contributed by atoms with Gasteiger partial charge >= 0.3 is 0 Å². The van der Waals surface area contributed by atoms with E-state index in [-0.39, 0.29) is 18.9 Å². The van der Waals surface area contributed by atoms with Gasteiger partial charge in [-0.3, -0.25) is 4.79 Å². The van der Waals surface area contributed by atoms with Crippen LogP contribution < -0.4 is 5.32 Å². The number of allylic oxidation sites excluding steroid dienone is 13. The normalized spacial score (nSPS) is 27.4. The largest absolute Gasteiger partial charge is 0.394 e. The summed E-state index contributed by atoms with van der Waals surface area (Å²) in [5.74, 6) is -0.275. The molecule has 17 unspecified atom stereocenters. The Morgan fingerprint density at radius 1 is 0.381 bits per heavy atom. The second-order valence-electron chi connectivity index (χ2n) is 27.1. The van der Waals surface area contributed by atoms with Crippen molar-refractivity contribution in [1.29, 1.82) is 0 Å². The third-order valence-electron chi connectivity index (χ3n) is 18.7. The van der Waals surface area contributed by atoms with Crippen molar-refractivity contribution in [2.45, 2.75) is 375 Å². The summed E-state index contributed by atoms with van der Waals surface area (Å²) in [5.41, 5.74) is 0. The standard InChI is InChI=1S/C78H137NO18/c1-3-5-7-9-11-13-15-16-17-18-19-20-21-22-23-24-25-26-27-28-29-30-31-32-33-34-35-36-37-38-39-40-41-42-43-44-46-48-50-52-54-56-66(84)79-61(62(83)55-53-51-49-47-45-14-12-10-8-6-4-2)60-92-76-72(90)69(87)74(64(58-81)94-76)97-78-73(91)70(88)75(65(59-82)95-78)96-77-71(89)68(86)67(85)63(57-80)93-77/h5,7,11,13,16-17,19-20,22-23,25-26,53,55,61-65,67-78,80-83,85-91H,3-4,6,8-10,12,14-15,18,21,24,27-52,54,56-60H2,1-2H3,(H,79,84)/b7-5-,13-11-,17-16-,20-19-,23-22-,26-25-,55-53+. The zero-order valence-electron chi connectivity index (χ0n) is 59.8. The average molecular weight is 1380 g/mol. The molecule has 12 N–H and O–H groups in total. The zero-order chi connectivity index (χ0) is 70.4. The van der Waals surface area contributed by atoms with Crippen LogP contribution in [-0.4, -0.2) is 193 Å². The molecule has 3 rings (SSSR count). The molecule has 0 aromatic carbocycles. The quantitative estimate of drug-likeness (QED) is 0.0199. The van der Waals surface area contributed by atoms with Crippen molar-refractivity contribution in [3.8, 4) is 0 Å². The molecule has 0 aromatic heterocycles. The summed E-state index contributed by atoms with van der Waals surface area (Å²) in [6.07, 6.45) is 50.4. The minimum Gasteiger partial charge on any atom is -0.394 e. The fraction of sp³-hybridized carbons (Fsp3) is 0.808. The van der Waals surface area contributed by atoms with Gasteiger partial charge in [0.05, 0.1) is 38.6 Å². The molecule has 562 valence electrons. The maximum absolute atomic E-state index is 13.4. The van der Waals surface area contributed by atoms with Crippen molar-refractivity contribution in [3.63, 3.8) is 0 Å². The summed E-state index contributed by atoms with van der Waals surface area (Å²) >= 11 is 0. The highest BCUT2D eigenvalue weighted by Gasteiger charge is 2.53. The molecule has 3 aliphatic heterocycles. The fourth-order valence-electron chi connectivity index (χ4n) is 12.5. The summed E-state index contributed by atoms with van der Waals surface area (Å²) in [6.45, 7) is 1.60. The van der Waals surface area contributed by atoms with Gasteiger partial charge in [-0.05, 0) is 70.6 Å². The van der Waals surface area contributed by atoms with Crippen molar-refractivity contribution in [2.75, 3.05) is 26.4 Å². The first-order valence-electron chi connectivity index (χ1n) is 38.3. The molecule has 1 amide bonds. The van der Waals surface area contributed by atoms with Gasteiger partial charge in [0.1, 0.15) is 73.2 Å². The Hall–Kier alpha value is -3.03. The molecule has 3 saturated heterocycles. The summed E-state index contributed by atoms with van der Waals surface area (Å²) in [6, 6.07) is -0.973. The van der Waals surface area contributed by atoms with E-state index >= 15 is 0 Å². The topological polar surface area (TPSA) is 307 Å². The summed E-state index contributed by atoms with van der Waals surface area (Å²) in [5, 5.41) is 120. The van der Waals surface area contributed by atoms with Crippen molar-refractivity contribution in [3.05, 3.63) is 85.1 Å². The summed E-state index contributed by atoms with van der Waals surface area (Å²) < 4.78 is 34.3. The molecule has 19 heteroatoms. The maximum atomic E-state index is 13.4. The van der Waals surface area contributed by atoms with E-state index in [0.29, 0.717) is 6.42 Å². The van der Waals surface area contributed by atoms with Gasteiger partial charge in [-0.15, -0.1) is 0 Å². The van der Waals surface area contributed by atoms with Crippen molar-refractivity contribution >= 4 is 5.91 Å². The van der Waals surface area contributed by atoms with Gasteiger partial charge in [0.15, 0.2) is 18.9 Å². The lowest BCUT2D eigenvalue weighted by Gasteiger charge is -2.48. The van der Waals surface area contributed by atoms with Gasteiger partial charge in [-0.25, -0.2) is 0 Å². The van der Waals surface area contributed by atoms with Crippen LogP contribution in [0, 0.1) is 0 Å². The Kier molecular flexibility index (Phi) is 53.2. The number of carbonyl (C=O) groups excluding carboxylic acids is 1. The number of aliphatic hydroxyl groups excluding tert-OH is 11. The van der Waals surface area contributed by atoms with Crippen LogP contribution in [0.4, 0.5) is 0 Å². The third kappa shape index (κ3) is 39.3. The lowest BCUT2D eigenvalue weighted by atomic mass is 9.96. The molecule has 19 nitrogen and oxygen atoms in total. The number of hydrogen-bond donors (Lipinski definition) is 12. The number of aliphatic hydroxyl groups is 11. The molecule has 0 aromatic rings. The summed E-state index contributed by atoms with van der Waals surface area (Å²) in [7, 11) is 0. The molecular weight excluding hydrogens is 1240 g/mol. The van der Waals surface area contributed by atoms with Crippen molar-refractivity contribution in [2.24, 2.45) is 0 Å². The van der Waals surface area contributed by atoms with Crippen molar-refractivity contribution < 1.29 is 89.4 Å². The zero-order valence-corrected chi connectivity index (χ0v) is 59.8. The van der Waals surface area contributed by atoms with Crippen LogP contribution in [0.25, 0.3) is 0 Å². The van der Waals surface area contributed by atoms with Gasteiger partial charge in [-0.1, -0.05) is 279 Å². The number of rotatable bonds is 59. The first-order chi connectivity index (χ1) is 47.3. The number of amides is 1.